The summed E-state index contributed by atoms with van der Waals surface area (Å²) in [6.07, 6.45) is 0.863. The Bertz CT molecular complexity index is 259. The molecule has 6 nitrogen and oxygen atoms in total. The Balaban J connectivity index is 2.30. The number of carbonyl (C=O) groups excluding carboxylic acids is 2. The molecule has 1 saturated heterocycles. The highest BCUT2D eigenvalue weighted by molar-refractivity contribution is 8.15. The third-order valence-electron chi connectivity index (χ3n) is 1.99. The van der Waals surface area contributed by atoms with Gasteiger partial charge in [0.15, 0.2) is 5.37 Å². The average Bonchev–Trinajstić information content (AvgIpc) is 2.44. The molecule has 0 aromatic carbocycles. The molecule has 3 N–H and O–H groups in total. The number of nitrogens with zero attached hydrogens (tertiary/aromatic N) is 2. The Morgan fingerprint density at radius 3 is 2.53 bits per heavy atom. The van der Waals surface area contributed by atoms with Crippen molar-refractivity contribution in [3.8, 4) is 0 Å². The number of hydrogen-bond donors (Lipinski definition) is 2. The van der Waals surface area contributed by atoms with Crippen LogP contribution in [0.2, 0.25) is 0 Å². The molecule has 1 heterocycles. The summed E-state index contributed by atoms with van der Waals surface area (Å²) in [5, 5.41) is 2.72. The van der Waals surface area contributed by atoms with Gasteiger partial charge >= 0.3 is 0 Å². The van der Waals surface area contributed by atoms with Gasteiger partial charge in [0.2, 0.25) is 0 Å². The van der Waals surface area contributed by atoms with Gasteiger partial charge in [0, 0.05) is 6.54 Å². The Labute approximate surface area is 93.1 Å². The maximum atomic E-state index is 11.2. The second-order valence-electron chi connectivity index (χ2n) is 3.64. The third-order valence-corrected chi connectivity index (χ3v) is 3.02. The van der Waals surface area contributed by atoms with E-state index in [2.05, 4.69) is 5.32 Å². The number of imide groups is 1. The molecule has 1 rings (SSSR count). The van der Waals surface area contributed by atoms with Crippen LogP contribution >= 0.6 is 11.8 Å². The van der Waals surface area contributed by atoms with E-state index >= 15 is 0 Å². The molecule has 1 unspecified atom stereocenters. The molecule has 1 fully saturated rings. The SMILES string of the molecule is CN(C)CCCN(N)C1SC(=O)NC1=O. The lowest BCUT2D eigenvalue weighted by Gasteiger charge is -2.20. The van der Waals surface area contributed by atoms with Crippen molar-refractivity contribution in [1.82, 2.24) is 15.2 Å². The van der Waals surface area contributed by atoms with E-state index < -0.39 is 5.37 Å². The van der Waals surface area contributed by atoms with Crippen LogP contribution in [0, 0.1) is 0 Å². The van der Waals surface area contributed by atoms with E-state index in [1.807, 2.05) is 19.0 Å². The highest BCUT2D eigenvalue weighted by Crippen LogP contribution is 2.20. The Morgan fingerprint density at radius 2 is 2.07 bits per heavy atom. The minimum atomic E-state index is -0.570. The molecule has 0 spiro atoms. The Kier molecular flexibility index (Phi) is 4.52. The number of nitrogens with one attached hydrogen (secondary N) is 1. The summed E-state index contributed by atoms with van der Waals surface area (Å²) in [4.78, 5) is 24.2. The van der Waals surface area contributed by atoms with Crippen molar-refractivity contribution < 1.29 is 9.59 Å². The zero-order chi connectivity index (χ0) is 11.4. The largest absolute Gasteiger partial charge is 0.309 e. The van der Waals surface area contributed by atoms with Gasteiger partial charge in [-0.05, 0) is 38.8 Å². The highest BCUT2D eigenvalue weighted by atomic mass is 32.2. The van der Waals surface area contributed by atoms with Gasteiger partial charge in [-0.3, -0.25) is 20.7 Å². The molecule has 0 bridgehead atoms. The van der Waals surface area contributed by atoms with Crippen molar-refractivity contribution >= 4 is 22.9 Å². The Hall–Kier alpha value is -0.630. The molecular weight excluding hydrogens is 216 g/mol. The van der Waals surface area contributed by atoms with Gasteiger partial charge in [0.25, 0.3) is 11.1 Å². The van der Waals surface area contributed by atoms with E-state index in [1.54, 1.807) is 0 Å². The fourth-order valence-corrected chi connectivity index (χ4v) is 2.02. The normalized spacial score (nSPS) is 21.5. The van der Waals surface area contributed by atoms with Gasteiger partial charge in [-0.1, -0.05) is 0 Å². The monoisotopic (exact) mass is 232 g/mol. The fraction of sp³-hybridized carbons (Fsp3) is 0.750. The lowest BCUT2D eigenvalue weighted by atomic mass is 10.4. The number of thioether (sulfide) groups is 1. The first kappa shape index (κ1) is 12.4. The summed E-state index contributed by atoms with van der Waals surface area (Å²) in [6, 6.07) is 0. The van der Waals surface area contributed by atoms with Crippen LogP contribution in [0.5, 0.6) is 0 Å². The maximum Gasteiger partial charge on any atom is 0.287 e. The summed E-state index contributed by atoms with van der Waals surface area (Å²) in [6.45, 7) is 1.50. The highest BCUT2D eigenvalue weighted by Gasteiger charge is 2.34. The van der Waals surface area contributed by atoms with Gasteiger partial charge in [-0.15, -0.1) is 0 Å². The molecule has 2 amide bonds. The number of amides is 2. The van der Waals surface area contributed by atoms with Crippen LogP contribution in [0.4, 0.5) is 4.79 Å². The molecule has 0 aromatic heterocycles. The second-order valence-corrected chi connectivity index (χ2v) is 4.69. The minimum absolute atomic E-state index is 0.322. The van der Waals surface area contributed by atoms with Crippen molar-refractivity contribution in [2.75, 3.05) is 27.2 Å². The van der Waals surface area contributed by atoms with Crippen molar-refractivity contribution in [3.05, 3.63) is 0 Å². The van der Waals surface area contributed by atoms with Crippen LogP contribution < -0.4 is 11.2 Å². The number of carbonyl (C=O) groups is 2. The predicted molar refractivity (Wildman–Crippen MR) is 59.0 cm³/mol. The predicted octanol–water partition coefficient (Wildman–Crippen LogP) is -0.577. The standard InChI is InChI=1S/C8H16N4O2S/c1-11(2)4-3-5-12(9)7-6(13)10-8(14)15-7/h7H,3-5,9H2,1-2H3,(H,10,13,14). The van der Waals surface area contributed by atoms with E-state index in [9.17, 15) is 9.59 Å². The van der Waals surface area contributed by atoms with Crippen molar-refractivity contribution in [2.45, 2.75) is 11.8 Å². The molecule has 86 valence electrons. The quantitative estimate of drug-likeness (QED) is 0.488. The molecule has 0 saturated carbocycles. The number of nitrogens with two attached hydrogens (primary N) is 1. The summed E-state index contributed by atoms with van der Waals surface area (Å²) < 4.78 is 0. The Morgan fingerprint density at radius 1 is 1.40 bits per heavy atom. The first-order chi connectivity index (χ1) is 7.00. The van der Waals surface area contributed by atoms with Gasteiger partial charge in [0.05, 0.1) is 0 Å². The smallest absolute Gasteiger partial charge is 0.287 e. The molecule has 7 heteroatoms. The van der Waals surface area contributed by atoms with Gasteiger partial charge in [-0.2, -0.15) is 0 Å². The summed E-state index contributed by atoms with van der Waals surface area (Å²) in [5.41, 5.74) is 0. The minimum Gasteiger partial charge on any atom is -0.309 e. The van der Waals surface area contributed by atoms with Crippen molar-refractivity contribution in [1.29, 1.82) is 0 Å². The molecule has 1 aliphatic rings. The zero-order valence-corrected chi connectivity index (χ0v) is 9.71. The summed E-state index contributed by atoms with van der Waals surface area (Å²) in [5.74, 6) is 5.38. The molecule has 0 aromatic rings. The summed E-state index contributed by atoms with van der Waals surface area (Å²) >= 11 is 0.928. The zero-order valence-electron chi connectivity index (χ0n) is 8.90. The van der Waals surface area contributed by atoms with Crippen LogP contribution in [0.3, 0.4) is 0 Å². The van der Waals surface area contributed by atoms with Crippen LogP contribution in [0.25, 0.3) is 0 Å². The lowest BCUT2D eigenvalue weighted by Crippen LogP contribution is -2.45. The van der Waals surface area contributed by atoms with Crippen molar-refractivity contribution in [3.63, 3.8) is 0 Å². The molecule has 0 aliphatic carbocycles. The molecule has 0 radical (unpaired) electrons. The maximum absolute atomic E-state index is 11.2. The first-order valence-corrected chi connectivity index (χ1v) is 5.56. The molecular formula is C8H16N4O2S. The van der Waals surface area contributed by atoms with Crippen LogP contribution in [0.15, 0.2) is 0 Å². The molecule has 1 aliphatic heterocycles. The summed E-state index contributed by atoms with van der Waals surface area (Å²) in [7, 11) is 3.95. The van der Waals surface area contributed by atoms with E-state index in [0.29, 0.717) is 6.54 Å². The molecule has 15 heavy (non-hydrogen) atoms. The fourth-order valence-electron chi connectivity index (χ4n) is 1.25. The van der Waals surface area contributed by atoms with E-state index in [4.69, 9.17) is 5.84 Å². The first-order valence-electron chi connectivity index (χ1n) is 4.68. The lowest BCUT2D eigenvalue weighted by molar-refractivity contribution is -0.121. The van der Waals surface area contributed by atoms with E-state index in [1.165, 1.54) is 5.01 Å². The van der Waals surface area contributed by atoms with Crippen LogP contribution in [-0.4, -0.2) is 53.6 Å². The number of rotatable bonds is 5. The number of hydrogen-bond acceptors (Lipinski definition) is 6. The van der Waals surface area contributed by atoms with Crippen molar-refractivity contribution in [2.24, 2.45) is 5.84 Å². The van der Waals surface area contributed by atoms with E-state index in [-0.39, 0.29) is 11.1 Å². The van der Waals surface area contributed by atoms with Crippen LogP contribution in [-0.2, 0) is 4.79 Å². The van der Waals surface area contributed by atoms with Crippen LogP contribution in [0.1, 0.15) is 6.42 Å². The second kappa shape index (κ2) is 5.45. The van der Waals surface area contributed by atoms with Gasteiger partial charge < -0.3 is 4.90 Å². The van der Waals surface area contributed by atoms with Gasteiger partial charge in [0.1, 0.15) is 0 Å². The third kappa shape index (κ3) is 3.78. The number of hydrazine groups is 1. The van der Waals surface area contributed by atoms with E-state index in [0.717, 1.165) is 24.7 Å². The molecule has 1 atom stereocenters. The van der Waals surface area contributed by atoms with Gasteiger partial charge in [-0.25, -0.2) is 5.01 Å². The average molecular weight is 232 g/mol. The topological polar surface area (TPSA) is 78.7 Å².